The zero-order valence-corrected chi connectivity index (χ0v) is 32.9. The Morgan fingerprint density at radius 2 is 1.66 bits per heavy atom. The highest BCUT2D eigenvalue weighted by Gasteiger charge is 2.49. The Balaban J connectivity index is 1.07. The van der Waals surface area contributed by atoms with Crippen LogP contribution in [0.5, 0.6) is 0 Å². The number of amides is 4. The monoisotopic (exact) mass is 777 g/mol. The van der Waals surface area contributed by atoms with Crippen molar-refractivity contribution in [3.05, 3.63) is 84.3 Å². The summed E-state index contributed by atoms with van der Waals surface area (Å²) in [5, 5.41) is 10.8. The smallest absolute Gasteiger partial charge is 0.407 e. The van der Waals surface area contributed by atoms with Crippen LogP contribution in [0.2, 0.25) is 0 Å². The van der Waals surface area contributed by atoms with Gasteiger partial charge in [0.25, 0.3) is 0 Å². The van der Waals surface area contributed by atoms with E-state index in [0.717, 1.165) is 69.6 Å². The second-order valence-electron chi connectivity index (χ2n) is 14.3. The molecule has 1 aliphatic carbocycles. The fourth-order valence-electron chi connectivity index (χ4n) is 8.15. The van der Waals surface area contributed by atoms with Gasteiger partial charge in [0.2, 0.25) is 11.8 Å². The lowest BCUT2D eigenvalue weighted by Crippen LogP contribution is -2.45. The minimum absolute atomic E-state index is 0.108. The van der Waals surface area contributed by atoms with Crippen LogP contribution in [0.4, 0.5) is 9.59 Å². The van der Waals surface area contributed by atoms with Gasteiger partial charge in [-0.05, 0) is 79.5 Å². The van der Waals surface area contributed by atoms with Crippen LogP contribution < -0.4 is 16.0 Å². The molecule has 14 heteroatoms. The molecule has 0 radical (unpaired) electrons. The maximum atomic E-state index is 13.3. The van der Waals surface area contributed by atoms with Gasteiger partial charge in [0, 0.05) is 44.2 Å². The van der Waals surface area contributed by atoms with Crippen LogP contribution in [0.3, 0.4) is 0 Å². The van der Waals surface area contributed by atoms with Gasteiger partial charge in [-0.15, -0.1) is 11.3 Å². The number of nitrogens with one attached hydrogen (secondary N) is 4. The molecule has 2 aliphatic rings. The molecule has 292 valence electrons. The van der Waals surface area contributed by atoms with E-state index in [9.17, 15) is 19.2 Å². The van der Waals surface area contributed by atoms with Crippen LogP contribution in [0.1, 0.15) is 57.0 Å². The molecule has 0 spiro atoms. The van der Waals surface area contributed by atoms with Crippen LogP contribution in [0, 0.1) is 5.92 Å². The number of hydrogen-bond donors (Lipinski definition) is 4. The van der Waals surface area contributed by atoms with Gasteiger partial charge in [0.1, 0.15) is 18.9 Å². The number of H-pyrrole nitrogens is 1. The summed E-state index contributed by atoms with van der Waals surface area (Å²) in [4.78, 5) is 61.3. The Morgan fingerprint density at radius 3 is 2.39 bits per heavy atom. The number of rotatable bonds is 13. The van der Waals surface area contributed by atoms with Crippen molar-refractivity contribution in [3.63, 3.8) is 0 Å². The third kappa shape index (κ3) is 7.79. The van der Waals surface area contributed by atoms with Gasteiger partial charge >= 0.3 is 12.2 Å². The van der Waals surface area contributed by atoms with E-state index in [2.05, 4.69) is 85.5 Å². The minimum Gasteiger partial charge on any atom is -0.453 e. The number of aromatic nitrogens is 2. The first-order chi connectivity index (χ1) is 27.1. The number of ether oxygens (including phenoxy) is 2. The van der Waals surface area contributed by atoms with Crippen molar-refractivity contribution in [1.29, 1.82) is 0 Å². The largest absolute Gasteiger partial charge is 0.453 e. The summed E-state index contributed by atoms with van der Waals surface area (Å²) in [5.74, 6) is 0.762. The van der Waals surface area contributed by atoms with Crippen LogP contribution in [0.15, 0.2) is 72.9 Å². The number of nitrogens with zero attached hydrogens (tertiary/aromatic N) is 3. The number of carbonyl (C=O) groups is 4. The average molecular weight is 778 g/mol. The number of alkyl carbamates (subject to hydrolysis) is 2. The molecular weight excluding hydrogens is 731 g/mol. The highest BCUT2D eigenvalue weighted by Crippen LogP contribution is 2.50. The molecule has 1 saturated carbocycles. The molecule has 2 aromatic heterocycles. The zero-order valence-electron chi connectivity index (χ0n) is 32.1. The second kappa shape index (κ2) is 16.5. The lowest BCUT2D eigenvalue weighted by molar-refractivity contribution is -0.135. The predicted octanol–water partition coefficient (Wildman–Crippen LogP) is 7.06. The SMILES string of the molecule is C=C(CN(CCC)C(=O)CNC(=O)OC)N/C(=C\C)c1ccc2c(c1)sc1cc(-c3ccc4nc([C@@H]5[C@H]6CC[C@H](C6)N5C(=O)CNC(=O)OC)[nH]c4c3)ccc12. The Morgan fingerprint density at radius 1 is 0.964 bits per heavy atom. The third-order valence-electron chi connectivity index (χ3n) is 10.7. The summed E-state index contributed by atoms with van der Waals surface area (Å²) in [6.07, 6.45) is 4.43. The van der Waals surface area contributed by atoms with Crippen molar-refractivity contribution in [2.75, 3.05) is 40.4 Å². The Labute approximate surface area is 329 Å². The maximum absolute atomic E-state index is 13.3. The van der Waals surface area contributed by atoms with Crippen LogP contribution in [0.25, 0.3) is 48.0 Å². The topological polar surface area (TPSA) is 158 Å². The van der Waals surface area contributed by atoms with Crippen molar-refractivity contribution in [1.82, 2.24) is 35.7 Å². The molecule has 3 atom stereocenters. The van der Waals surface area contributed by atoms with Gasteiger partial charge in [0.15, 0.2) is 0 Å². The van der Waals surface area contributed by atoms with Gasteiger partial charge in [-0.3, -0.25) is 9.59 Å². The number of piperidine rings is 1. The lowest BCUT2D eigenvalue weighted by atomic mass is 9.98. The van der Waals surface area contributed by atoms with Gasteiger partial charge in [0.05, 0.1) is 37.8 Å². The summed E-state index contributed by atoms with van der Waals surface area (Å²) < 4.78 is 11.6. The fourth-order valence-corrected chi connectivity index (χ4v) is 9.33. The van der Waals surface area contributed by atoms with Crippen molar-refractivity contribution >= 4 is 72.2 Å². The molecule has 0 unspecified atom stereocenters. The van der Waals surface area contributed by atoms with E-state index in [0.29, 0.717) is 24.7 Å². The van der Waals surface area contributed by atoms with Gasteiger partial charge in [-0.1, -0.05) is 49.9 Å². The minimum atomic E-state index is -0.649. The second-order valence-corrected chi connectivity index (χ2v) is 15.4. The highest BCUT2D eigenvalue weighted by atomic mass is 32.1. The first-order valence-corrected chi connectivity index (χ1v) is 19.7. The van der Waals surface area contributed by atoms with E-state index < -0.39 is 12.2 Å². The van der Waals surface area contributed by atoms with Crippen molar-refractivity contribution in [3.8, 4) is 11.1 Å². The first-order valence-electron chi connectivity index (χ1n) is 18.9. The number of aromatic amines is 1. The summed E-state index contributed by atoms with van der Waals surface area (Å²) in [6.45, 7) is 8.72. The van der Waals surface area contributed by atoms with E-state index in [1.54, 1.807) is 16.2 Å². The fraction of sp³-hybridized carbons (Fsp3) is 0.357. The molecule has 4 N–H and O–H groups in total. The zero-order chi connectivity index (χ0) is 39.5. The normalized spacial score (nSPS) is 17.7. The van der Waals surface area contributed by atoms with Crippen molar-refractivity contribution < 1.29 is 28.7 Å². The Hall–Kier alpha value is -5.89. The summed E-state index contributed by atoms with van der Waals surface area (Å²) >= 11 is 1.74. The summed E-state index contributed by atoms with van der Waals surface area (Å²) in [5.41, 5.74) is 6.46. The molecule has 56 heavy (non-hydrogen) atoms. The van der Waals surface area contributed by atoms with Crippen LogP contribution in [-0.2, 0) is 19.1 Å². The van der Waals surface area contributed by atoms with Gasteiger partial charge in [-0.2, -0.15) is 0 Å². The summed E-state index contributed by atoms with van der Waals surface area (Å²) in [6, 6.07) is 19.2. The van der Waals surface area contributed by atoms with E-state index in [1.165, 1.54) is 29.7 Å². The molecular formula is C42H47N7O6S. The van der Waals surface area contributed by atoms with E-state index in [-0.39, 0.29) is 37.0 Å². The number of likely N-dealkylation sites (tertiary alicyclic amines) is 1. The lowest BCUT2D eigenvalue weighted by Gasteiger charge is -2.34. The van der Waals surface area contributed by atoms with Crippen molar-refractivity contribution in [2.45, 2.75) is 51.6 Å². The number of carbonyl (C=O) groups excluding carboxylic acids is 4. The van der Waals surface area contributed by atoms with Crippen LogP contribution >= 0.6 is 11.3 Å². The maximum Gasteiger partial charge on any atom is 0.407 e. The number of imidazole rings is 1. The van der Waals surface area contributed by atoms with E-state index in [1.807, 2.05) is 30.9 Å². The van der Waals surface area contributed by atoms with Gasteiger partial charge < -0.3 is 40.2 Å². The number of thiophene rings is 1. The molecule has 7 rings (SSSR count). The standard InChI is InChI=1S/C42H47N7O6S/c1-6-16-48(37(50)21-43-41(52)54-4)23-24(3)45-32(7-2)27-10-14-31-30-13-9-26(19-35(30)56-36(31)20-27)25-11-15-33-34(18-25)47-40(46-33)39-28-8-12-29(17-28)49(39)38(51)22-44-42(53)55-5/h7,9-11,13-15,18-20,28-29,39,45H,3,6,8,12,16-17,21-23H2,1-2,4-5H3,(H,43,52)(H,44,53)(H,46,47)/b32-7-/t28-,29+,39-/m0/s1. The first kappa shape index (κ1) is 38.4. The molecule has 13 nitrogen and oxygen atoms in total. The molecule has 2 fully saturated rings. The Bertz CT molecular complexity index is 2370. The molecule has 2 bridgehead atoms. The number of hydrogen-bond acceptors (Lipinski definition) is 9. The predicted molar refractivity (Wildman–Crippen MR) is 219 cm³/mol. The van der Waals surface area contributed by atoms with Crippen molar-refractivity contribution in [2.24, 2.45) is 5.92 Å². The molecule has 3 heterocycles. The Kier molecular flexibility index (Phi) is 11.3. The van der Waals surface area contributed by atoms with E-state index >= 15 is 0 Å². The number of methoxy groups -OCH3 is 2. The molecule has 3 aromatic carbocycles. The van der Waals surface area contributed by atoms with Gasteiger partial charge in [-0.25, -0.2) is 14.6 Å². The number of fused-ring (bicyclic) bond motifs is 6. The molecule has 5 aromatic rings. The van der Waals surface area contributed by atoms with Crippen LogP contribution in [-0.4, -0.2) is 90.2 Å². The van der Waals surface area contributed by atoms with E-state index in [4.69, 9.17) is 4.98 Å². The highest BCUT2D eigenvalue weighted by molar-refractivity contribution is 7.25. The third-order valence-corrected chi connectivity index (χ3v) is 11.9. The molecule has 4 amide bonds. The number of benzene rings is 3. The molecule has 1 saturated heterocycles. The number of allylic oxidation sites excluding steroid dienone is 1. The quantitative estimate of drug-likeness (QED) is 0.0990. The average Bonchev–Trinajstić information content (AvgIpc) is 4.02. The summed E-state index contributed by atoms with van der Waals surface area (Å²) in [7, 11) is 2.55. The molecule has 1 aliphatic heterocycles.